The van der Waals surface area contributed by atoms with Crippen molar-refractivity contribution >= 4 is 0 Å². The van der Waals surface area contributed by atoms with E-state index in [-0.39, 0.29) is 6.61 Å². The van der Waals surface area contributed by atoms with Gasteiger partial charge in [0.15, 0.2) is 0 Å². The first-order valence-corrected chi connectivity index (χ1v) is 5.44. The Morgan fingerprint density at radius 2 is 1.94 bits per heavy atom. The third-order valence-electron chi connectivity index (χ3n) is 1.51. The predicted molar refractivity (Wildman–Crippen MR) is 59.9 cm³/mol. The van der Waals surface area contributed by atoms with Gasteiger partial charge in [0, 0.05) is 7.05 Å². The first kappa shape index (κ1) is 15.0. The van der Waals surface area contributed by atoms with Crippen LogP contribution in [0.25, 0.3) is 0 Å². The molecule has 16 heavy (non-hydrogen) atoms. The zero-order valence-corrected chi connectivity index (χ0v) is 10.2. The number of aliphatic hydroxyl groups is 1. The Kier molecular flexibility index (Phi) is 9.89. The molecule has 6 nitrogen and oxygen atoms in total. The first-order chi connectivity index (χ1) is 7.83. The Balaban J connectivity index is 0.00000106. The van der Waals surface area contributed by atoms with Crippen LogP contribution in [0, 0.1) is 0 Å². The van der Waals surface area contributed by atoms with E-state index in [0.717, 1.165) is 5.69 Å². The van der Waals surface area contributed by atoms with Gasteiger partial charge in [0.1, 0.15) is 5.69 Å². The van der Waals surface area contributed by atoms with Crippen molar-refractivity contribution in [1.82, 2.24) is 15.0 Å². The van der Waals surface area contributed by atoms with Gasteiger partial charge in [0.05, 0.1) is 39.2 Å². The normalized spacial score (nSPS) is 9.75. The lowest BCUT2D eigenvalue weighted by molar-refractivity contribution is 0.0265. The minimum Gasteiger partial charge on any atom is -0.394 e. The van der Waals surface area contributed by atoms with Crippen LogP contribution < -0.4 is 0 Å². The zero-order chi connectivity index (χ0) is 12.2. The Morgan fingerprint density at radius 1 is 1.25 bits per heavy atom. The Bertz CT molecular complexity index is 253. The summed E-state index contributed by atoms with van der Waals surface area (Å²) in [6.07, 6.45) is 1.80. The molecule has 0 aromatic carbocycles. The average molecular weight is 231 g/mol. The Hall–Kier alpha value is -0.980. The van der Waals surface area contributed by atoms with E-state index < -0.39 is 0 Å². The summed E-state index contributed by atoms with van der Waals surface area (Å²) in [5.41, 5.74) is 0.801. The Labute approximate surface area is 96.2 Å². The van der Waals surface area contributed by atoms with Gasteiger partial charge in [-0.1, -0.05) is 19.1 Å². The second kappa shape index (κ2) is 10.5. The third-order valence-corrected chi connectivity index (χ3v) is 1.51. The van der Waals surface area contributed by atoms with Gasteiger partial charge in [0.2, 0.25) is 0 Å². The molecule has 6 heteroatoms. The maximum Gasteiger partial charge on any atom is 0.108 e. The lowest BCUT2D eigenvalue weighted by atomic mass is 10.5. The van der Waals surface area contributed by atoms with Crippen molar-refractivity contribution in [3.63, 3.8) is 0 Å². The van der Waals surface area contributed by atoms with Crippen molar-refractivity contribution in [3.8, 4) is 0 Å². The number of rotatable bonds is 7. The highest BCUT2D eigenvalue weighted by Crippen LogP contribution is 1.93. The van der Waals surface area contributed by atoms with Crippen molar-refractivity contribution in [3.05, 3.63) is 11.9 Å². The predicted octanol–water partition coefficient (Wildman–Crippen LogP) is 0.367. The maximum atomic E-state index is 8.42. The highest BCUT2D eigenvalue weighted by atomic mass is 16.5. The molecule has 1 aromatic rings. The molecule has 0 aliphatic heterocycles. The lowest BCUT2D eigenvalue weighted by Crippen LogP contribution is -2.07. The molecule has 0 bridgehead atoms. The smallest absolute Gasteiger partial charge is 0.108 e. The zero-order valence-electron chi connectivity index (χ0n) is 10.2. The van der Waals surface area contributed by atoms with Crippen LogP contribution in [0.15, 0.2) is 6.20 Å². The van der Waals surface area contributed by atoms with E-state index in [2.05, 4.69) is 10.3 Å². The van der Waals surface area contributed by atoms with Gasteiger partial charge in [-0.05, 0) is 0 Å². The summed E-state index contributed by atoms with van der Waals surface area (Å²) in [6.45, 7) is 5.83. The number of hydrogen-bond acceptors (Lipinski definition) is 5. The summed E-state index contributed by atoms with van der Waals surface area (Å²) in [5.74, 6) is 0. The SMILES string of the molecule is CC.Cn1cc(COCCOCCO)nn1. The summed E-state index contributed by atoms with van der Waals surface area (Å²) in [5, 5.41) is 16.0. The Morgan fingerprint density at radius 3 is 2.50 bits per heavy atom. The highest BCUT2D eigenvalue weighted by molar-refractivity contribution is 4.88. The van der Waals surface area contributed by atoms with Gasteiger partial charge in [-0.15, -0.1) is 5.10 Å². The quantitative estimate of drug-likeness (QED) is 0.686. The van der Waals surface area contributed by atoms with Gasteiger partial charge in [-0.3, -0.25) is 4.68 Å². The van der Waals surface area contributed by atoms with Crippen LogP contribution in [-0.4, -0.2) is 46.5 Å². The fourth-order valence-corrected chi connectivity index (χ4v) is 0.923. The monoisotopic (exact) mass is 231 g/mol. The fourth-order valence-electron chi connectivity index (χ4n) is 0.923. The third kappa shape index (κ3) is 7.33. The molecule has 0 aliphatic carbocycles. The topological polar surface area (TPSA) is 69.4 Å². The van der Waals surface area contributed by atoms with Gasteiger partial charge >= 0.3 is 0 Å². The number of ether oxygens (including phenoxy) is 2. The molecular weight excluding hydrogens is 210 g/mol. The summed E-state index contributed by atoms with van der Waals surface area (Å²) in [4.78, 5) is 0. The van der Waals surface area contributed by atoms with Crippen LogP contribution in [0.5, 0.6) is 0 Å². The first-order valence-electron chi connectivity index (χ1n) is 5.44. The van der Waals surface area contributed by atoms with Gasteiger partial charge in [-0.2, -0.15) is 0 Å². The van der Waals surface area contributed by atoms with Crippen LogP contribution in [0.3, 0.4) is 0 Å². The molecule has 1 heterocycles. The van der Waals surface area contributed by atoms with Crippen LogP contribution in [0.4, 0.5) is 0 Å². The largest absolute Gasteiger partial charge is 0.394 e. The molecule has 1 N–H and O–H groups in total. The van der Waals surface area contributed by atoms with Crippen molar-refractivity contribution in [1.29, 1.82) is 0 Å². The van der Waals surface area contributed by atoms with Crippen LogP contribution in [0.2, 0.25) is 0 Å². The molecule has 0 fully saturated rings. The maximum absolute atomic E-state index is 8.42. The molecule has 0 spiro atoms. The van der Waals surface area contributed by atoms with E-state index in [0.29, 0.717) is 26.4 Å². The summed E-state index contributed by atoms with van der Waals surface area (Å²) >= 11 is 0. The van der Waals surface area contributed by atoms with Gasteiger partial charge < -0.3 is 14.6 Å². The second-order valence-electron chi connectivity index (χ2n) is 2.77. The second-order valence-corrected chi connectivity index (χ2v) is 2.77. The molecule has 0 saturated carbocycles. The minimum absolute atomic E-state index is 0.0458. The molecule has 1 rings (SSSR count). The van der Waals surface area contributed by atoms with Gasteiger partial charge in [-0.25, -0.2) is 0 Å². The molecule has 0 radical (unpaired) electrons. The lowest BCUT2D eigenvalue weighted by Gasteiger charge is -2.02. The molecule has 0 amide bonds. The number of aryl methyl sites for hydroxylation is 1. The van der Waals surface area contributed by atoms with Gasteiger partial charge in [0.25, 0.3) is 0 Å². The van der Waals surface area contributed by atoms with E-state index >= 15 is 0 Å². The van der Waals surface area contributed by atoms with E-state index in [4.69, 9.17) is 14.6 Å². The number of aromatic nitrogens is 3. The van der Waals surface area contributed by atoms with Crippen molar-refractivity contribution < 1.29 is 14.6 Å². The van der Waals surface area contributed by atoms with Crippen molar-refractivity contribution in [2.24, 2.45) is 7.05 Å². The number of aliphatic hydroxyl groups excluding tert-OH is 1. The standard InChI is InChI=1S/C8H15N3O3.C2H6/c1-11-6-8(9-10-11)7-14-5-4-13-3-2-12;1-2/h6,12H,2-5,7H2,1H3;1-2H3. The highest BCUT2D eigenvalue weighted by Gasteiger charge is 1.97. The van der Waals surface area contributed by atoms with E-state index in [1.807, 2.05) is 13.8 Å². The van der Waals surface area contributed by atoms with E-state index in [1.165, 1.54) is 0 Å². The summed E-state index contributed by atoms with van der Waals surface area (Å²) < 4.78 is 11.9. The molecule has 0 saturated heterocycles. The van der Waals surface area contributed by atoms with Crippen LogP contribution in [0.1, 0.15) is 19.5 Å². The van der Waals surface area contributed by atoms with E-state index in [9.17, 15) is 0 Å². The number of hydrogen-bond donors (Lipinski definition) is 1. The molecular formula is C10H21N3O3. The summed E-state index contributed by atoms with van der Waals surface area (Å²) in [7, 11) is 1.81. The molecule has 94 valence electrons. The average Bonchev–Trinajstić information content (AvgIpc) is 2.72. The minimum atomic E-state index is 0.0458. The van der Waals surface area contributed by atoms with Crippen molar-refractivity contribution in [2.75, 3.05) is 26.4 Å². The van der Waals surface area contributed by atoms with Crippen LogP contribution >= 0.6 is 0 Å². The molecule has 1 aromatic heterocycles. The molecule has 0 aliphatic rings. The van der Waals surface area contributed by atoms with Crippen molar-refractivity contribution in [2.45, 2.75) is 20.5 Å². The van der Waals surface area contributed by atoms with Crippen LogP contribution in [-0.2, 0) is 23.1 Å². The summed E-state index contributed by atoms with van der Waals surface area (Å²) in [6, 6.07) is 0. The van der Waals surface area contributed by atoms with E-state index in [1.54, 1.807) is 17.9 Å². The molecule has 0 unspecified atom stereocenters. The molecule has 0 atom stereocenters. The number of nitrogens with zero attached hydrogens (tertiary/aromatic N) is 3. The fraction of sp³-hybridized carbons (Fsp3) is 0.800.